The quantitative estimate of drug-likeness (QED) is 0.921. The van der Waals surface area contributed by atoms with Gasteiger partial charge in [0.1, 0.15) is 0 Å². The molecule has 4 rings (SSSR count). The second-order valence-corrected chi connectivity index (χ2v) is 6.60. The number of para-hydroxylation sites is 1. The zero-order chi connectivity index (χ0) is 16.2. The first-order valence-corrected chi connectivity index (χ1v) is 7.90. The Morgan fingerprint density at radius 1 is 1.13 bits per heavy atom. The molecule has 0 radical (unpaired) electrons. The maximum absolute atomic E-state index is 13.2. The summed E-state index contributed by atoms with van der Waals surface area (Å²) < 4.78 is 39.6. The molecule has 2 N–H and O–H groups in total. The summed E-state index contributed by atoms with van der Waals surface area (Å²) in [4.78, 5) is 6.11. The van der Waals surface area contributed by atoms with Crippen LogP contribution in [0.15, 0.2) is 30.5 Å². The number of hydrogen-bond acceptors (Lipinski definition) is 3. The van der Waals surface area contributed by atoms with Crippen molar-refractivity contribution >= 4 is 16.6 Å². The van der Waals surface area contributed by atoms with Crippen LogP contribution in [0.2, 0.25) is 0 Å². The molecule has 2 aliphatic rings. The molecule has 6 heteroatoms. The van der Waals surface area contributed by atoms with Crippen LogP contribution in [0.3, 0.4) is 0 Å². The van der Waals surface area contributed by atoms with E-state index in [1.165, 1.54) is 25.1 Å². The minimum atomic E-state index is -4.40. The summed E-state index contributed by atoms with van der Waals surface area (Å²) >= 11 is 0. The third-order valence-corrected chi connectivity index (χ3v) is 5.03. The maximum Gasteiger partial charge on any atom is 0.418 e. The molecule has 2 atom stereocenters. The molecule has 2 heterocycles. The molecule has 1 aliphatic carbocycles. The van der Waals surface area contributed by atoms with E-state index in [2.05, 4.69) is 9.88 Å². The number of fused-ring (bicyclic) bond motifs is 1. The number of anilines is 1. The third-order valence-electron chi connectivity index (χ3n) is 5.03. The average Bonchev–Trinajstić information content (AvgIpc) is 3.28. The van der Waals surface area contributed by atoms with Crippen LogP contribution in [-0.4, -0.2) is 24.1 Å². The van der Waals surface area contributed by atoms with Gasteiger partial charge in [0.2, 0.25) is 0 Å². The Balaban J connectivity index is 1.76. The van der Waals surface area contributed by atoms with Gasteiger partial charge in [-0.1, -0.05) is 12.1 Å². The standard InChI is InChI=1S/C17H18F3N3/c18-17(19,20)13-3-1-2-11-15(6-7-22-16(11)13)23-8-12(10-4-5-10)14(21)9-23/h1-3,6-7,10,12,14H,4-5,8-9,21H2/t12-,14+/m1/s1. The van der Waals surface area contributed by atoms with Crippen molar-refractivity contribution < 1.29 is 13.2 Å². The molecule has 1 saturated carbocycles. The van der Waals surface area contributed by atoms with E-state index in [9.17, 15) is 13.2 Å². The molecule has 1 aromatic carbocycles. The Bertz CT molecular complexity index is 739. The summed E-state index contributed by atoms with van der Waals surface area (Å²) in [5.74, 6) is 1.14. The van der Waals surface area contributed by atoms with Crippen molar-refractivity contribution in [1.82, 2.24) is 4.98 Å². The molecule has 3 nitrogen and oxygen atoms in total. The smallest absolute Gasteiger partial charge is 0.369 e. The lowest BCUT2D eigenvalue weighted by molar-refractivity contribution is -0.136. The first-order valence-electron chi connectivity index (χ1n) is 7.90. The van der Waals surface area contributed by atoms with Gasteiger partial charge in [-0.3, -0.25) is 4.98 Å². The zero-order valence-electron chi connectivity index (χ0n) is 12.6. The number of halogens is 3. The van der Waals surface area contributed by atoms with Crippen molar-refractivity contribution in [3.63, 3.8) is 0 Å². The number of pyridine rings is 1. The summed E-state index contributed by atoms with van der Waals surface area (Å²) in [7, 11) is 0. The highest BCUT2D eigenvalue weighted by Crippen LogP contribution is 2.43. The van der Waals surface area contributed by atoms with Gasteiger partial charge in [-0.15, -0.1) is 0 Å². The van der Waals surface area contributed by atoms with Crippen molar-refractivity contribution in [2.75, 3.05) is 18.0 Å². The van der Waals surface area contributed by atoms with Crippen LogP contribution in [0.25, 0.3) is 10.9 Å². The third kappa shape index (κ3) is 2.55. The van der Waals surface area contributed by atoms with E-state index < -0.39 is 11.7 Å². The van der Waals surface area contributed by atoms with Gasteiger partial charge in [-0.25, -0.2) is 0 Å². The van der Waals surface area contributed by atoms with Gasteiger partial charge in [0.05, 0.1) is 11.1 Å². The molecule has 1 aliphatic heterocycles. The van der Waals surface area contributed by atoms with Crippen molar-refractivity contribution in [2.45, 2.75) is 25.1 Å². The normalized spacial score (nSPS) is 25.3. The Morgan fingerprint density at radius 3 is 2.61 bits per heavy atom. The van der Waals surface area contributed by atoms with Crippen molar-refractivity contribution in [1.29, 1.82) is 0 Å². The lowest BCUT2D eigenvalue weighted by atomic mass is 9.99. The number of alkyl halides is 3. The monoisotopic (exact) mass is 321 g/mol. The van der Waals surface area contributed by atoms with Crippen LogP contribution in [0, 0.1) is 11.8 Å². The van der Waals surface area contributed by atoms with Gasteiger partial charge >= 0.3 is 6.18 Å². The fraction of sp³-hybridized carbons (Fsp3) is 0.471. The van der Waals surface area contributed by atoms with Crippen LogP contribution in [0.4, 0.5) is 18.9 Å². The Kier molecular flexibility index (Phi) is 3.27. The number of nitrogens with zero attached hydrogens (tertiary/aromatic N) is 2. The zero-order valence-corrected chi connectivity index (χ0v) is 12.6. The van der Waals surface area contributed by atoms with E-state index >= 15 is 0 Å². The molecule has 2 fully saturated rings. The predicted octanol–water partition coefficient (Wildman–Crippen LogP) is 3.43. The maximum atomic E-state index is 13.2. The topological polar surface area (TPSA) is 42.1 Å². The predicted molar refractivity (Wildman–Crippen MR) is 83.1 cm³/mol. The minimum Gasteiger partial charge on any atom is -0.369 e. The van der Waals surface area contributed by atoms with Crippen LogP contribution < -0.4 is 10.6 Å². The SMILES string of the molecule is N[C@H]1CN(c2ccnc3c(C(F)(F)F)cccc23)C[C@@H]1C1CC1. The summed E-state index contributed by atoms with van der Waals surface area (Å²) in [6, 6.07) is 6.14. The van der Waals surface area contributed by atoms with E-state index in [0.717, 1.165) is 18.3 Å². The van der Waals surface area contributed by atoms with Gasteiger partial charge in [0.25, 0.3) is 0 Å². The summed E-state index contributed by atoms with van der Waals surface area (Å²) in [5.41, 5.74) is 6.39. The highest BCUT2D eigenvalue weighted by Gasteiger charge is 2.41. The molecular weight excluding hydrogens is 303 g/mol. The van der Waals surface area contributed by atoms with Crippen LogP contribution in [0.1, 0.15) is 18.4 Å². The molecule has 0 unspecified atom stereocenters. The van der Waals surface area contributed by atoms with Crippen LogP contribution in [0.5, 0.6) is 0 Å². The second kappa shape index (κ2) is 5.09. The first-order chi connectivity index (χ1) is 10.9. The second-order valence-electron chi connectivity index (χ2n) is 6.60. The number of nitrogens with two attached hydrogens (primary N) is 1. The molecule has 0 amide bonds. The largest absolute Gasteiger partial charge is 0.418 e. The highest BCUT2D eigenvalue weighted by atomic mass is 19.4. The average molecular weight is 321 g/mol. The first kappa shape index (κ1) is 14.8. The van der Waals surface area contributed by atoms with E-state index in [4.69, 9.17) is 5.73 Å². The van der Waals surface area contributed by atoms with Crippen LogP contribution >= 0.6 is 0 Å². The summed E-state index contributed by atoms with van der Waals surface area (Å²) in [6.45, 7) is 1.51. The van der Waals surface area contributed by atoms with Gasteiger partial charge in [0.15, 0.2) is 0 Å². The number of benzene rings is 1. The van der Waals surface area contributed by atoms with E-state index in [0.29, 0.717) is 23.8 Å². The van der Waals surface area contributed by atoms with Gasteiger partial charge in [-0.2, -0.15) is 13.2 Å². The number of hydrogen-bond donors (Lipinski definition) is 1. The lowest BCUT2D eigenvalue weighted by Gasteiger charge is -2.21. The Hall–Kier alpha value is -1.82. The van der Waals surface area contributed by atoms with E-state index in [-0.39, 0.29) is 11.6 Å². The van der Waals surface area contributed by atoms with Crippen molar-refractivity contribution in [3.8, 4) is 0 Å². The molecular formula is C17H18F3N3. The van der Waals surface area contributed by atoms with Gasteiger partial charge in [0, 0.05) is 36.4 Å². The van der Waals surface area contributed by atoms with Gasteiger partial charge < -0.3 is 10.6 Å². The molecule has 1 saturated heterocycles. The van der Waals surface area contributed by atoms with Crippen molar-refractivity contribution in [2.24, 2.45) is 17.6 Å². The summed E-state index contributed by atoms with van der Waals surface area (Å²) in [5, 5.41) is 0.547. The Labute approximate surface area is 132 Å². The number of aromatic nitrogens is 1. The molecule has 2 aromatic rings. The van der Waals surface area contributed by atoms with Crippen molar-refractivity contribution in [3.05, 3.63) is 36.0 Å². The molecule has 1 aromatic heterocycles. The molecule has 122 valence electrons. The lowest BCUT2D eigenvalue weighted by Crippen LogP contribution is -2.30. The fourth-order valence-corrected chi connectivity index (χ4v) is 3.74. The number of rotatable bonds is 2. The molecule has 23 heavy (non-hydrogen) atoms. The molecule has 0 spiro atoms. The van der Waals surface area contributed by atoms with E-state index in [1.54, 1.807) is 12.1 Å². The van der Waals surface area contributed by atoms with Gasteiger partial charge in [-0.05, 0) is 36.8 Å². The Morgan fingerprint density at radius 2 is 1.91 bits per heavy atom. The highest BCUT2D eigenvalue weighted by molar-refractivity contribution is 5.93. The molecule has 0 bridgehead atoms. The summed E-state index contributed by atoms with van der Waals surface area (Å²) in [6.07, 6.45) is -0.491. The minimum absolute atomic E-state index is 0.0148. The fourth-order valence-electron chi connectivity index (χ4n) is 3.74. The van der Waals surface area contributed by atoms with E-state index in [1.807, 2.05) is 0 Å². The van der Waals surface area contributed by atoms with Crippen LogP contribution in [-0.2, 0) is 6.18 Å².